The number of fused-ring (bicyclic) bond motifs is 1. The van der Waals surface area contributed by atoms with Crippen LogP contribution in [0.2, 0.25) is 5.15 Å². The molecule has 2 N–H and O–H groups in total. The SMILES string of the molecule is CCCCN(CC(N)=O)S(=O)(=O)c1c(Cl)nc2sccn12. The lowest BCUT2D eigenvalue weighted by molar-refractivity contribution is -0.118. The van der Waals surface area contributed by atoms with Crippen LogP contribution in [0.4, 0.5) is 0 Å². The maximum Gasteiger partial charge on any atom is 0.262 e. The average molecular weight is 351 g/mol. The van der Waals surface area contributed by atoms with E-state index in [1.807, 2.05) is 6.92 Å². The number of carbonyl (C=O) groups excluding carboxylic acids is 1. The third kappa shape index (κ3) is 3.20. The molecule has 0 fully saturated rings. The molecule has 0 aromatic carbocycles. The van der Waals surface area contributed by atoms with Crippen molar-refractivity contribution in [3.63, 3.8) is 0 Å². The van der Waals surface area contributed by atoms with Gasteiger partial charge in [-0.15, -0.1) is 11.3 Å². The summed E-state index contributed by atoms with van der Waals surface area (Å²) in [7, 11) is -3.94. The van der Waals surface area contributed by atoms with Gasteiger partial charge in [-0.25, -0.2) is 13.4 Å². The van der Waals surface area contributed by atoms with E-state index in [1.165, 1.54) is 15.7 Å². The molecule has 7 nitrogen and oxygen atoms in total. The fraction of sp³-hybridized carbons (Fsp3) is 0.455. The van der Waals surface area contributed by atoms with Crippen molar-refractivity contribution in [2.24, 2.45) is 5.73 Å². The van der Waals surface area contributed by atoms with Gasteiger partial charge in [0.2, 0.25) is 5.91 Å². The van der Waals surface area contributed by atoms with Crippen molar-refractivity contribution in [2.75, 3.05) is 13.1 Å². The first-order valence-electron chi connectivity index (χ1n) is 6.27. The van der Waals surface area contributed by atoms with E-state index in [4.69, 9.17) is 17.3 Å². The summed E-state index contributed by atoms with van der Waals surface area (Å²) in [4.78, 5) is 15.6. The zero-order chi connectivity index (χ0) is 15.6. The highest BCUT2D eigenvalue weighted by atomic mass is 35.5. The lowest BCUT2D eigenvalue weighted by Crippen LogP contribution is -2.39. The predicted octanol–water partition coefficient (Wildman–Crippen LogP) is 1.33. The van der Waals surface area contributed by atoms with Crippen molar-refractivity contribution in [2.45, 2.75) is 24.8 Å². The second kappa shape index (κ2) is 6.30. The molecule has 0 aliphatic carbocycles. The minimum absolute atomic E-state index is 0.104. The van der Waals surface area contributed by atoms with Crippen molar-refractivity contribution < 1.29 is 13.2 Å². The van der Waals surface area contributed by atoms with Gasteiger partial charge in [-0.1, -0.05) is 24.9 Å². The van der Waals surface area contributed by atoms with Crippen LogP contribution in [0.5, 0.6) is 0 Å². The number of sulfonamides is 1. The molecule has 2 heterocycles. The minimum Gasteiger partial charge on any atom is -0.369 e. The zero-order valence-electron chi connectivity index (χ0n) is 11.3. The van der Waals surface area contributed by atoms with Crippen molar-refractivity contribution >= 4 is 43.8 Å². The second-order valence-corrected chi connectivity index (χ2v) is 7.51. The normalized spacial score (nSPS) is 12.3. The molecule has 0 aliphatic heterocycles. The molecule has 0 atom stereocenters. The van der Waals surface area contributed by atoms with Gasteiger partial charge >= 0.3 is 0 Å². The first-order chi connectivity index (χ1) is 9.87. The van der Waals surface area contributed by atoms with E-state index in [-0.39, 0.29) is 23.3 Å². The summed E-state index contributed by atoms with van der Waals surface area (Å²) in [6, 6.07) is 0. The number of nitrogens with two attached hydrogens (primary N) is 1. The highest BCUT2D eigenvalue weighted by Crippen LogP contribution is 2.28. The van der Waals surface area contributed by atoms with Crippen molar-refractivity contribution in [1.29, 1.82) is 0 Å². The van der Waals surface area contributed by atoms with E-state index in [0.29, 0.717) is 11.4 Å². The first kappa shape index (κ1) is 16.2. The fourth-order valence-electron chi connectivity index (χ4n) is 1.88. The fourth-order valence-corrected chi connectivity index (χ4v) is 4.74. The number of thiazole rings is 1. The first-order valence-corrected chi connectivity index (χ1v) is 8.97. The van der Waals surface area contributed by atoms with Gasteiger partial charge in [0.15, 0.2) is 15.1 Å². The van der Waals surface area contributed by atoms with Gasteiger partial charge in [0.1, 0.15) is 0 Å². The van der Waals surface area contributed by atoms with Crippen LogP contribution < -0.4 is 5.73 Å². The summed E-state index contributed by atoms with van der Waals surface area (Å²) in [6.07, 6.45) is 2.99. The Kier molecular flexibility index (Phi) is 4.87. The number of amides is 1. The summed E-state index contributed by atoms with van der Waals surface area (Å²) in [5.41, 5.74) is 5.15. The quantitative estimate of drug-likeness (QED) is 0.814. The molecule has 2 aromatic rings. The maximum absolute atomic E-state index is 12.7. The molecule has 21 heavy (non-hydrogen) atoms. The summed E-state index contributed by atoms with van der Waals surface area (Å²) < 4.78 is 27.9. The van der Waals surface area contributed by atoms with Crippen molar-refractivity contribution in [3.05, 3.63) is 16.7 Å². The Labute approximate surface area is 131 Å². The highest BCUT2D eigenvalue weighted by Gasteiger charge is 2.32. The van der Waals surface area contributed by atoms with Gasteiger partial charge in [-0.2, -0.15) is 4.31 Å². The monoisotopic (exact) mass is 350 g/mol. The van der Waals surface area contributed by atoms with Gasteiger partial charge in [0, 0.05) is 18.1 Å². The number of rotatable bonds is 7. The minimum atomic E-state index is -3.94. The standard InChI is InChI=1S/C11H15ClN4O3S2/c1-2-3-4-15(7-8(13)17)21(18,19)10-9(12)14-11-16(10)5-6-20-11/h5-6H,2-4,7H2,1H3,(H2,13,17). The van der Waals surface area contributed by atoms with Crippen LogP contribution in [0.25, 0.3) is 4.96 Å². The third-order valence-corrected chi connectivity index (χ3v) is 5.86. The molecule has 0 radical (unpaired) electrons. The van der Waals surface area contributed by atoms with Gasteiger partial charge in [-0.05, 0) is 6.42 Å². The van der Waals surface area contributed by atoms with Gasteiger partial charge in [0.05, 0.1) is 6.54 Å². The largest absolute Gasteiger partial charge is 0.369 e. The number of imidazole rings is 1. The van der Waals surface area contributed by atoms with Crippen molar-refractivity contribution in [3.8, 4) is 0 Å². The highest BCUT2D eigenvalue weighted by molar-refractivity contribution is 7.89. The topological polar surface area (TPSA) is 97.8 Å². The van der Waals surface area contributed by atoms with Crippen LogP contribution in [0.15, 0.2) is 16.6 Å². The molecule has 0 aliphatic rings. The van der Waals surface area contributed by atoms with E-state index >= 15 is 0 Å². The van der Waals surface area contributed by atoms with Crippen LogP contribution in [-0.4, -0.2) is 41.1 Å². The van der Waals surface area contributed by atoms with Crippen LogP contribution >= 0.6 is 22.9 Å². The summed E-state index contributed by atoms with van der Waals surface area (Å²) in [6.45, 7) is 1.75. The Morgan fingerprint density at radius 2 is 2.29 bits per heavy atom. The molecule has 0 saturated heterocycles. The van der Waals surface area contributed by atoms with Gasteiger partial charge in [-0.3, -0.25) is 9.20 Å². The Hall–Kier alpha value is -1.16. The number of unbranched alkanes of at least 4 members (excludes halogenated alkanes) is 1. The third-order valence-electron chi connectivity index (χ3n) is 2.86. The molecular weight excluding hydrogens is 336 g/mol. The van der Waals surface area contributed by atoms with Crippen molar-refractivity contribution in [1.82, 2.24) is 13.7 Å². The number of aromatic nitrogens is 2. The van der Waals surface area contributed by atoms with Crippen LogP contribution in [0, 0.1) is 0 Å². The van der Waals surface area contributed by atoms with Crippen LogP contribution in [0.3, 0.4) is 0 Å². The summed E-state index contributed by atoms with van der Waals surface area (Å²) >= 11 is 7.24. The number of hydrogen-bond acceptors (Lipinski definition) is 5. The molecule has 0 bridgehead atoms. The zero-order valence-corrected chi connectivity index (χ0v) is 13.7. The Morgan fingerprint density at radius 1 is 1.57 bits per heavy atom. The molecule has 0 unspecified atom stereocenters. The Bertz CT molecular complexity index is 753. The molecule has 0 spiro atoms. The molecular formula is C11H15ClN4O3S2. The van der Waals surface area contributed by atoms with E-state index in [1.54, 1.807) is 11.6 Å². The molecule has 2 rings (SSSR count). The summed E-state index contributed by atoms with van der Waals surface area (Å²) in [5, 5.41) is 1.48. The molecule has 10 heteroatoms. The summed E-state index contributed by atoms with van der Waals surface area (Å²) in [5.74, 6) is -0.711. The maximum atomic E-state index is 12.7. The molecule has 0 saturated carbocycles. The lowest BCUT2D eigenvalue weighted by Gasteiger charge is -2.20. The van der Waals surface area contributed by atoms with Crippen LogP contribution in [0.1, 0.15) is 19.8 Å². The predicted molar refractivity (Wildman–Crippen MR) is 80.9 cm³/mol. The molecule has 116 valence electrons. The van der Waals surface area contributed by atoms with Crippen LogP contribution in [-0.2, 0) is 14.8 Å². The van der Waals surface area contributed by atoms with E-state index in [9.17, 15) is 13.2 Å². The molecule has 1 amide bonds. The number of primary amides is 1. The number of hydrogen-bond donors (Lipinski definition) is 1. The van der Waals surface area contributed by atoms with Gasteiger partial charge < -0.3 is 5.73 Å². The van der Waals surface area contributed by atoms with E-state index in [2.05, 4.69) is 4.98 Å². The Balaban J connectivity index is 2.48. The Morgan fingerprint density at radius 3 is 2.90 bits per heavy atom. The number of carbonyl (C=O) groups is 1. The van der Waals surface area contributed by atoms with Gasteiger partial charge in [0.25, 0.3) is 10.0 Å². The second-order valence-electron chi connectivity index (χ2n) is 4.42. The average Bonchev–Trinajstić information content (AvgIpc) is 2.92. The number of nitrogens with zero attached hydrogens (tertiary/aromatic N) is 3. The van der Waals surface area contributed by atoms with E-state index in [0.717, 1.165) is 10.7 Å². The smallest absolute Gasteiger partial charge is 0.262 e. The number of halogens is 1. The molecule has 2 aromatic heterocycles. The van der Waals surface area contributed by atoms with E-state index < -0.39 is 15.9 Å². The lowest BCUT2D eigenvalue weighted by atomic mass is 10.3.